The standard InChI is InChI=1S/C13H21BrN6/c1-20-9-3-2-4-10(20)6-8(5-9)17-12-11(14)7-16-13(18-12)19-15/h7-10H,2-6,15H2,1H3,(H2,16,17,18,19). The van der Waals surface area contributed by atoms with Crippen molar-refractivity contribution in [2.24, 2.45) is 5.84 Å². The normalized spacial score (nSPS) is 30.1. The number of hydrazine groups is 1. The smallest absolute Gasteiger partial charge is 0.239 e. The number of nitrogens with two attached hydrogens (primary N) is 1. The highest BCUT2D eigenvalue weighted by atomic mass is 79.9. The molecule has 0 amide bonds. The number of hydrogen-bond donors (Lipinski definition) is 3. The molecule has 3 rings (SSSR count). The van der Waals surface area contributed by atoms with Crippen LogP contribution in [-0.2, 0) is 0 Å². The molecule has 0 spiro atoms. The average Bonchev–Trinajstić information content (AvgIpc) is 2.42. The highest BCUT2D eigenvalue weighted by Crippen LogP contribution is 2.34. The van der Waals surface area contributed by atoms with Gasteiger partial charge in [0.1, 0.15) is 5.82 Å². The lowest BCUT2D eigenvalue weighted by molar-refractivity contribution is 0.0608. The fourth-order valence-electron chi connectivity index (χ4n) is 3.46. The topological polar surface area (TPSA) is 79.1 Å². The molecular formula is C13H21BrN6. The van der Waals surface area contributed by atoms with Crippen LogP contribution in [0.1, 0.15) is 32.1 Å². The van der Waals surface area contributed by atoms with Gasteiger partial charge in [-0.3, -0.25) is 5.43 Å². The van der Waals surface area contributed by atoms with Crippen LogP contribution in [0.5, 0.6) is 0 Å². The van der Waals surface area contributed by atoms with Gasteiger partial charge in [0, 0.05) is 24.3 Å². The molecule has 2 aliphatic rings. The van der Waals surface area contributed by atoms with Crippen LogP contribution in [0.25, 0.3) is 0 Å². The van der Waals surface area contributed by atoms with Crippen molar-refractivity contribution in [2.75, 3.05) is 17.8 Å². The Hall–Kier alpha value is -0.920. The molecule has 2 fully saturated rings. The van der Waals surface area contributed by atoms with Crippen LogP contribution in [0.2, 0.25) is 0 Å². The Kier molecular flexibility index (Phi) is 4.09. The summed E-state index contributed by atoms with van der Waals surface area (Å²) in [6.45, 7) is 0. The molecule has 6 nitrogen and oxygen atoms in total. The zero-order valence-corrected chi connectivity index (χ0v) is 13.2. The monoisotopic (exact) mass is 340 g/mol. The quantitative estimate of drug-likeness (QED) is 0.576. The Balaban J connectivity index is 1.72. The number of nitrogens with zero attached hydrogens (tertiary/aromatic N) is 3. The summed E-state index contributed by atoms with van der Waals surface area (Å²) in [7, 11) is 2.27. The molecule has 1 aromatic heterocycles. The number of rotatable bonds is 3. The molecule has 110 valence electrons. The summed E-state index contributed by atoms with van der Waals surface area (Å²) in [6, 6.07) is 1.87. The van der Waals surface area contributed by atoms with Crippen LogP contribution in [0, 0.1) is 0 Å². The Morgan fingerprint density at radius 3 is 2.70 bits per heavy atom. The first-order valence-electron chi connectivity index (χ1n) is 7.15. The van der Waals surface area contributed by atoms with Crippen LogP contribution < -0.4 is 16.6 Å². The van der Waals surface area contributed by atoms with E-state index in [9.17, 15) is 0 Å². The molecule has 0 radical (unpaired) electrons. The molecule has 2 bridgehead atoms. The number of anilines is 2. The van der Waals surface area contributed by atoms with Crippen molar-refractivity contribution in [3.8, 4) is 0 Å². The Labute approximate surface area is 127 Å². The first kappa shape index (κ1) is 14.0. The molecule has 2 atom stereocenters. The van der Waals surface area contributed by atoms with E-state index in [-0.39, 0.29) is 0 Å². The third kappa shape index (κ3) is 2.75. The van der Waals surface area contributed by atoms with E-state index in [2.05, 4.69) is 48.6 Å². The largest absolute Gasteiger partial charge is 0.366 e. The average molecular weight is 341 g/mol. The molecule has 2 saturated heterocycles. The van der Waals surface area contributed by atoms with Crippen LogP contribution >= 0.6 is 15.9 Å². The van der Waals surface area contributed by atoms with Gasteiger partial charge in [0.15, 0.2) is 0 Å². The third-order valence-electron chi connectivity index (χ3n) is 4.55. The summed E-state index contributed by atoms with van der Waals surface area (Å²) >= 11 is 3.49. The number of halogens is 1. The maximum Gasteiger partial charge on any atom is 0.239 e. The van der Waals surface area contributed by atoms with Gasteiger partial charge in [-0.25, -0.2) is 10.8 Å². The van der Waals surface area contributed by atoms with E-state index in [0.29, 0.717) is 24.1 Å². The Morgan fingerprint density at radius 1 is 1.35 bits per heavy atom. The van der Waals surface area contributed by atoms with E-state index < -0.39 is 0 Å². The molecule has 3 heterocycles. The summed E-state index contributed by atoms with van der Waals surface area (Å²) in [4.78, 5) is 11.0. The van der Waals surface area contributed by atoms with E-state index in [1.54, 1.807) is 6.20 Å². The summed E-state index contributed by atoms with van der Waals surface area (Å²) in [6.07, 6.45) is 8.06. The SMILES string of the molecule is CN1C2CCCC1CC(Nc1nc(NN)ncc1Br)C2. The number of nitrogen functional groups attached to an aromatic ring is 1. The molecule has 20 heavy (non-hydrogen) atoms. The van der Waals surface area contributed by atoms with Crippen LogP contribution in [-0.4, -0.2) is 40.0 Å². The molecule has 4 N–H and O–H groups in total. The van der Waals surface area contributed by atoms with Gasteiger partial charge >= 0.3 is 0 Å². The molecule has 2 aliphatic heterocycles. The second-order valence-electron chi connectivity index (χ2n) is 5.75. The van der Waals surface area contributed by atoms with E-state index in [0.717, 1.165) is 10.3 Å². The van der Waals surface area contributed by atoms with Gasteiger partial charge in [-0.15, -0.1) is 0 Å². The van der Waals surface area contributed by atoms with Crippen molar-refractivity contribution in [2.45, 2.75) is 50.2 Å². The summed E-state index contributed by atoms with van der Waals surface area (Å²) < 4.78 is 0.876. The van der Waals surface area contributed by atoms with E-state index in [4.69, 9.17) is 5.84 Å². The van der Waals surface area contributed by atoms with E-state index in [1.807, 2.05) is 0 Å². The van der Waals surface area contributed by atoms with Crippen molar-refractivity contribution in [3.05, 3.63) is 10.7 Å². The Morgan fingerprint density at radius 2 is 2.05 bits per heavy atom. The van der Waals surface area contributed by atoms with E-state index in [1.165, 1.54) is 32.1 Å². The minimum absolute atomic E-state index is 0.434. The second kappa shape index (κ2) is 5.83. The highest BCUT2D eigenvalue weighted by molar-refractivity contribution is 9.10. The summed E-state index contributed by atoms with van der Waals surface area (Å²) in [5, 5.41) is 3.55. The molecule has 0 aromatic carbocycles. The lowest BCUT2D eigenvalue weighted by Gasteiger charge is -2.47. The molecule has 2 unspecified atom stereocenters. The van der Waals surface area contributed by atoms with Gasteiger partial charge in [-0.05, 0) is 48.7 Å². The van der Waals surface area contributed by atoms with Gasteiger partial charge in [0.05, 0.1) is 4.47 Å². The van der Waals surface area contributed by atoms with Gasteiger partial charge in [0.2, 0.25) is 5.95 Å². The minimum atomic E-state index is 0.434. The lowest BCUT2D eigenvalue weighted by atomic mass is 9.82. The fraction of sp³-hybridized carbons (Fsp3) is 0.692. The molecule has 1 aromatic rings. The van der Waals surface area contributed by atoms with Crippen molar-refractivity contribution >= 4 is 27.7 Å². The molecule has 7 heteroatoms. The maximum atomic E-state index is 5.37. The number of piperidine rings is 2. The highest BCUT2D eigenvalue weighted by Gasteiger charge is 2.36. The summed E-state index contributed by atoms with van der Waals surface area (Å²) in [5.41, 5.74) is 2.49. The molecular weight excluding hydrogens is 320 g/mol. The van der Waals surface area contributed by atoms with Gasteiger partial charge < -0.3 is 10.2 Å². The second-order valence-corrected chi connectivity index (χ2v) is 6.61. The van der Waals surface area contributed by atoms with Crippen LogP contribution in [0.3, 0.4) is 0 Å². The number of fused-ring (bicyclic) bond motifs is 2. The number of hydrogen-bond acceptors (Lipinski definition) is 6. The minimum Gasteiger partial charge on any atom is -0.366 e. The van der Waals surface area contributed by atoms with Crippen molar-refractivity contribution < 1.29 is 0 Å². The predicted octanol–water partition coefficient (Wildman–Crippen LogP) is 1.95. The molecule has 0 aliphatic carbocycles. The van der Waals surface area contributed by atoms with Gasteiger partial charge in [0.25, 0.3) is 0 Å². The zero-order valence-electron chi connectivity index (χ0n) is 11.6. The Bertz CT molecular complexity index is 468. The zero-order chi connectivity index (χ0) is 14.1. The van der Waals surface area contributed by atoms with E-state index >= 15 is 0 Å². The van der Waals surface area contributed by atoms with Crippen LogP contribution in [0.4, 0.5) is 11.8 Å². The first-order valence-corrected chi connectivity index (χ1v) is 7.94. The fourth-order valence-corrected chi connectivity index (χ4v) is 3.77. The van der Waals surface area contributed by atoms with Gasteiger partial charge in [-0.1, -0.05) is 6.42 Å². The molecule has 0 saturated carbocycles. The summed E-state index contributed by atoms with van der Waals surface area (Å²) in [5.74, 6) is 6.62. The van der Waals surface area contributed by atoms with Crippen molar-refractivity contribution in [3.63, 3.8) is 0 Å². The van der Waals surface area contributed by atoms with Crippen LogP contribution in [0.15, 0.2) is 10.7 Å². The van der Waals surface area contributed by atoms with Crippen molar-refractivity contribution in [1.82, 2.24) is 14.9 Å². The maximum absolute atomic E-state index is 5.37. The van der Waals surface area contributed by atoms with Gasteiger partial charge in [-0.2, -0.15) is 4.98 Å². The van der Waals surface area contributed by atoms with Crippen molar-refractivity contribution in [1.29, 1.82) is 0 Å². The number of nitrogens with one attached hydrogen (secondary N) is 2. The number of aromatic nitrogens is 2. The predicted molar refractivity (Wildman–Crippen MR) is 83.4 cm³/mol. The third-order valence-corrected chi connectivity index (χ3v) is 5.13. The lowest BCUT2D eigenvalue weighted by Crippen LogP contribution is -2.52. The first-order chi connectivity index (χ1) is 9.67.